The van der Waals surface area contributed by atoms with Crippen LogP contribution in [0, 0.1) is 0 Å². The molecule has 0 amide bonds. The van der Waals surface area contributed by atoms with E-state index in [9.17, 15) is 26.3 Å². The normalized spacial score (nSPS) is 14.4. The fourth-order valence-corrected chi connectivity index (χ4v) is 2.46. The molecular weight excluding hydrogens is 426 g/mol. The summed E-state index contributed by atoms with van der Waals surface area (Å²) in [6.07, 6.45) is -9.91. The molecule has 0 aliphatic rings. The zero-order valence-corrected chi connectivity index (χ0v) is 16.0. The van der Waals surface area contributed by atoms with E-state index in [0.29, 0.717) is 0 Å². The summed E-state index contributed by atoms with van der Waals surface area (Å²) in [6.45, 7) is 2.59. The van der Waals surface area contributed by atoms with Crippen molar-refractivity contribution in [3.8, 4) is 11.5 Å². The maximum atomic E-state index is 13.1. The Morgan fingerprint density at radius 2 is 1.31 bits per heavy atom. The number of halogens is 7. The minimum absolute atomic E-state index is 0.0513. The van der Waals surface area contributed by atoms with Crippen LogP contribution in [0.15, 0.2) is 18.2 Å². The zero-order chi connectivity index (χ0) is 21.8. The van der Waals surface area contributed by atoms with E-state index >= 15 is 0 Å². The Bertz CT molecular complexity index is 786. The van der Waals surface area contributed by atoms with Crippen molar-refractivity contribution in [2.45, 2.75) is 51.1 Å². The van der Waals surface area contributed by atoms with Gasteiger partial charge >= 0.3 is 12.4 Å². The van der Waals surface area contributed by atoms with Crippen molar-refractivity contribution in [1.29, 1.82) is 0 Å². The number of nitrogens with zero attached hydrogens (tertiary/aromatic N) is 4. The monoisotopic (exact) mass is 442 g/mol. The zero-order valence-electron chi connectivity index (χ0n) is 15.2. The quantitative estimate of drug-likeness (QED) is 0.459. The Labute approximate surface area is 167 Å². The molecule has 0 saturated heterocycles. The standard InChI is InChI=1S/C16H17ClF6N6/c1-3-9(15(18,19)20)25-13-27-12(8-6-5-7-11(17)24-8)28-14(29-13)26-10(4-2)16(21,22)23/h5-7,9-10H,3-4H2,1-2H3,(H2,25,26,27,28,29)/t9-,10+. The summed E-state index contributed by atoms with van der Waals surface area (Å²) < 4.78 is 78.5. The largest absolute Gasteiger partial charge is 0.408 e. The van der Waals surface area contributed by atoms with Gasteiger partial charge in [0.05, 0.1) is 0 Å². The highest BCUT2D eigenvalue weighted by Crippen LogP contribution is 2.28. The molecular formula is C16H17ClF6N6. The topological polar surface area (TPSA) is 75.6 Å². The summed E-state index contributed by atoms with van der Waals surface area (Å²) in [5.74, 6) is -1.32. The number of nitrogens with one attached hydrogen (secondary N) is 2. The summed E-state index contributed by atoms with van der Waals surface area (Å²) >= 11 is 5.80. The van der Waals surface area contributed by atoms with Crippen LogP contribution in [0.4, 0.5) is 38.2 Å². The number of hydrogen-bond acceptors (Lipinski definition) is 6. The number of rotatable bonds is 7. The Hall–Kier alpha value is -2.37. The molecule has 0 aliphatic heterocycles. The number of aromatic nitrogens is 4. The molecule has 2 N–H and O–H groups in total. The van der Waals surface area contributed by atoms with Gasteiger partial charge in [-0.05, 0) is 25.0 Å². The van der Waals surface area contributed by atoms with Gasteiger partial charge in [0.2, 0.25) is 11.9 Å². The molecule has 0 aromatic carbocycles. The van der Waals surface area contributed by atoms with Gasteiger partial charge in [-0.25, -0.2) is 4.98 Å². The third kappa shape index (κ3) is 6.31. The van der Waals surface area contributed by atoms with Gasteiger partial charge in [-0.15, -0.1) is 0 Å². The fourth-order valence-electron chi connectivity index (χ4n) is 2.29. The molecule has 0 saturated carbocycles. The lowest BCUT2D eigenvalue weighted by Crippen LogP contribution is -2.37. The van der Waals surface area contributed by atoms with Gasteiger partial charge in [-0.2, -0.15) is 41.3 Å². The average molecular weight is 443 g/mol. The Kier molecular flexibility index (Phi) is 7.09. The molecule has 0 radical (unpaired) electrons. The maximum absolute atomic E-state index is 13.1. The molecule has 13 heteroatoms. The first kappa shape index (κ1) is 22.9. The van der Waals surface area contributed by atoms with Crippen molar-refractivity contribution < 1.29 is 26.3 Å². The van der Waals surface area contributed by atoms with E-state index in [1.54, 1.807) is 0 Å². The van der Waals surface area contributed by atoms with E-state index in [2.05, 4.69) is 30.6 Å². The van der Waals surface area contributed by atoms with Gasteiger partial charge in [0.25, 0.3) is 0 Å². The Balaban J connectivity index is 2.48. The third-order valence-corrected chi connectivity index (χ3v) is 4.00. The van der Waals surface area contributed by atoms with Crippen molar-refractivity contribution in [3.05, 3.63) is 23.4 Å². The van der Waals surface area contributed by atoms with Crippen LogP contribution < -0.4 is 10.6 Å². The molecule has 2 heterocycles. The minimum atomic E-state index is -4.61. The second kappa shape index (κ2) is 8.97. The molecule has 0 bridgehead atoms. The number of alkyl halides is 6. The first-order chi connectivity index (χ1) is 13.4. The number of hydrogen-bond donors (Lipinski definition) is 2. The minimum Gasteiger partial charge on any atom is -0.342 e. The highest BCUT2D eigenvalue weighted by atomic mass is 35.5. The SMILES string of the molecule is CC[C@H](Nc1nc(N[C@H](CC)C(F)(F)F)nc(-c2cccc(Cl)n2)n1)C(F)(F)F. The van der Waals surface area contributed by atoms with Gasteiger partial charge < -0.3 is 10.6 Å². The molecule has 2 aromatic rings. The van der Waals surface area contributed by atoms with E-state index in [0.717, 1.165) is 0 Å². The van der Waals surface area contributed by atoms with Crippen molar-refractivity contribution in [1.82, 2.24) is 19.9 Å². The fraction of sp³-hybridized carbons (Fsp3) is 0.500. The molecule has 6 nitrogen and oxygen atoms in total. The number of anilines is 2. The number of pyridine rings is 1. The van der Waals surface area contributed by atoms with Crippen LogP contribution in [-0.2, 0) is 0 Å². The van der Waals surface area contributed by atoms with Gasteiger partial charge in [-0.1, -0.05) is 31.5 Å². The second-order valence-corrected chi connectivity index (χ2v) is 6.33. The van der Waals surface area contributed by atoms with Crippen LogP contribution in [-0.4, -0.2) is 44.4 Å². The van der Waals surface area contributed by atoms with E-state index < -0.39 is 36.3 Å². The maximum Gasteiger partial charge on any atom is 0.408 e. The van der Waals surface area contributed by atoms with Crippen molar-refractivity contribution in [2.24, 2.45) is 0 Å². The van der Waals surface area contributed by atoms with E-state index in [4.69, 9.17) is 11.6 Å². The van der Waals surface area contributed by atoms with E-state index in [1.807, 2.05) is 0 Å². The van der Waals surface area contributed by atoms with Crippen LogP contribution in [0.1, 0.15) is 26.7 Å². The van der Waals surface area contributed by atoms with Gasteiger partial charge in [-0.3, -0.25) is 0 Å². The van der Waals surface area contributed by atoms with Crippen molar-refractivity contribution in [2.75, 3.05) is 10.6 Å². The van der Waals surface area contributed by atoms with Crippen LogP contribution in [0.25, 0.3) is 11.5 Å². The molecule has 2 rings (SSSR count). The molecule has 2 aromatic heterocycles. The molecule has 0 aliphatic carbocycles. The van der Waals surface area contributed by atoms with Crippen LogP contribution >= 0.6 is 11.6 Å². The highest BCUT2D eigenvalue weighted by Gasteiger charge is 2.40. The predicted octanol–water partition coefficient (Wildman–Crippen LogP) is 5.09. The first-order valence-electron chi connectivity index (χ1n) is 8.49. The van der Waals surface area contributed by atoms with Crippen molar-refractivity contribution in [3.63, 3.8) is 0 Å². The Morgan fingerprint density at radius 1 is 0.828 bits per heavy atom. The van der Waals surface area contributed by atoms with Crippen LogP contribution in [0.3, 0.4) is 0 Å². The smallest absolute Gasteiger partial charge is 0.342 e. The summed E-state index contributed by atoms with van der Waals surface area (Å²) in [5.41, 5.74) is 0.0612. The lowest BCUT2D eigenvalue weighted by molar-refractivity contribution is -0.143. The summed E-state index contributed by atoms with van der Waals surface area (Å²) in [6, 6.07) is 0.351. The molecule has 0 spiro atoms. The molecule has 0 fully saturated rings. The summed E-state index contributed by atoms with van der Waals surface area (Å²) in [5, 5.41) is 4.24. The predicted molar refractivity (Wildman–Crippen MR) is 95.6 cm³/mol. The third-order valence-electron chi connectivity index (χ3n) is 3.79. The highest BCUT2D eigenvalue weighted by molar-refractivity contribution is 6.29. The van der Waals surface area contributed by atoms with Gasteiger partial charge in [0.1, 0.15) is 22.9 Å². The second-order valence-electron chi connectivity index (χ2n) is 5.95. The summed E-state index contributed by atoms with van der Waals surface area (Å²) in [7, 11) is 0. The van der Waals surface area contributed by atoms with E-state index in [-0.39, 0.29) is 29.5 Å². The molecule has 2 atom stereocenters. The van der Waals surface area contributed by atoms with Gasteiger partial charge in [0, 0.05) is 0 Å². The van der Waals surface area contributed by atoms with Crippen LogP contribution in [0.5, 0.6) is 0 Å². The Morgan fingerprint density at radius 3 is 1.69 bits per heavy atom. The molecule has 0 unspecified atom stereocenters. The molecule has 160 valence electrons. The average Bonchev–Trinajstić information content (AvgIpc) is 2.62. The van der Waals surface area contributed by atoms with Gasteiger partial charge in [0.15, 0.2) is 5.82 Å². The van der Waals surface area contributed by atoms with Crippen molar-refractivity contribution >= 4 is 23.5 Å². The lowest BCUT2D eigenvalue weighted by atomic mass is 10.2. The molecule has 29 heavy (non-hydrogen) atoms. The first-order valence-corrected chi connectivity index (χ1v) is 8.87. The van der Waals surface area contributed by atoms with E-state index in [1.165, 1.54) is 32.0 Å². The lowest BCUT2D eigenvalue weighted by Gasteiger charge is -2.22. The van der Waals surface area contributed by atoms with Crippen LogP contribution in [0.2, 0.25) is 5.15 Å². The summed E-state index contributed by atoms with van der Waals surface area (Å²) in [4.78, 5) is 15.3.